The van der Waals surface area contributed by atoms with Crippen LogP contribution in [0.1, 0.15) is 12.8 Å². The van der Waals surface area contributed by atoms with Crippen LogP contribution in [0.5, 0.6) is 0 Å². The lowest BCUT2D eigenvalue weighted by Gasteiger charge is -2.34. The predicted octanol–water partition coefficient (Wildman–Crippen LogP) is 1.20. The average Bonchev–Trinajstić information content (AvgIpc) is 2.86. The van der Waals surface area contributed by atoms with Gasteiger partial charge in [0.2, 0.25) is 5.91 Å². The Balaban J connectivity index is 1.85. The fourth-order valence-electron chi connectivity index (χ4n) is 1.89. The molecular formula is C10H15BrN2O. The van der Waals surface area contributed by atoms with Crippen molar-refractivity contribution in [3.8, 4) is 0 Å². The van der Waals surface area contributed by atoms with Gasteiger partial charge in [-0.1, -0.05) is 22.5 Å². The van der Waals surface area contributed by atoms with E-state index in [0.29, 0.717) is 12.6 Å². The van der Waals surface area contributed by atoms with E-state index in [4.69, 9.17) is 0 Å². The first-order valence-corrected chi connectivity index (χ1v) is 5.81. The van der Waals surface area contributed by atoms with Gasteiger partial charge in [-0.25, -0.2) is 0 Å². The standard InChI is InChI=1S/C10H15BrN2O/c1-8(11)6-12-4-5-13(9-2-3-9)10(14)7-12/h9H,1-7H2. The van der Waals surface area contributed by atoms with Crippen molar-refractivity contribution >= 4 is 21.8 Å². The van der Waals surface area contributed by atoms with Gasteiger partial charge in [0, 0.05) is 30.2 Å². The van der Waals surface area contributed by atoms with Gasteiger partial charge in [0.05, 0.1) is 6.54 Å². The van der Waals surface area contributed by atoms with Crippen molar-refractivity contribution in [1.82, 2.24) is 9.80 Å². The number of carbonyl (C=O) groups excluding carboxylic acids is 1. The summed E-state index contributed by atoms with van der Waals surface area (Å²) in [6, 6.07) is 0.567. The molecule has 2 rings (SSSR count). The SMILES string of the molecule is C=C(Br)CN1CCN(C2CC2)C(=O)C1. The first kappa shape index (κ1) is 10.2. The molecule has 0 N–H and O–H groups in total. The van der Waals surface area contributed by atoms with Crippen molar-refractivity contribution in [2.75, 3.05) is 26.2 Å². The number of carbonyl (C=O) groups is 1. The molecule has 0 aromatic heterocycles. The summed E-state index contributed by atoms with van der Waals surface area (Å²) in [6.07, 6.45) is 2.41. The van der Waals surface area contributed by atoms with Gasteiger partial charge in [-0.15, -0.1) is 0 Å². The van der Waals surface area contributed by atoms with Crippen LogP contribution >= 0.6 is 15.9 Å². The molecule has 0 spiro atoms. The molecule has 0 aromatic rings. The molecule has 2 aliphatic rings. The molecule has 1 saturated carbocycles. The zero-order valence-electron chi connectivity index (χ0n) is 8.21. The fourth-order valence-corrected chi connectivity index (χ4v) is 2.24. The quantitative estimate of drug-likeness (QED) is 0.760. The normalized spacial score (nSPS) is 24.1. The summed E-state index contributed by atoms with van der Waals surface area (Å²) in [4.78, 5) is 15.9. The van der Waals surface area contributed by atoms with Gasteiger partial charge in [-0.05, 0) is 12.8 Å². The number of amides is 1. The second-order valence-electron chi connectivity index (χ2n) is 4.05. The second-order valence-corrected chi connectivity index (χ2v) is 5.17. The highest BCUT2D eigenvalue weighted by atomic mass is 79.9. The molecular weight excluding hydrogens is 244 g/mol. The topological polar surface area (TPSA) is 23.6 Å². The number of rotatable bonds is 3. The van der Waals surface area contributed by atoms with E-state index in [9.17, 15) is 4.79 Å². The van der Waals surface area contributed by atoms with Crippen LogP contribution < -0.4 is 0 Å². The van der Waals surface area contributed by atoms with E-state index in [2.05, 4.69) is 27.4 Å². The Kier molecular flexibility index (Phi) is 2.93. The van der Waals surface area contributed by atoms with Crippen molar-refractivity contribution in [2.45, 2.75) is 18.9 Å². The molecule has 1 aliphatic heterocycles. The Morgan fingerprint density at radius 3 is 2.71 bits per heavy atom. The highest BCUT2D eigenvalue weighted by Crippen LogP contribution is 2.28. The first-order valence-electron chi connectivity index (χ1n) is 5.02. The molecule has 0 bridgehead atoms. The van der Waals surface area contributed by atoms with E-state index < -0.39 is 0 Å². The Labute approximate surface area is 92.9 Å². The first-order chi connectivity index (χ1) is 6.66. The summed E-state index contributed by atoms with van der Waals surface area (Å²) in [5.41, 5.74) is 0. The summed E-state index contributed by atoms with van der Waals surface area (Å²) in [6.45, 7) is 7.00. The van der Waals surface area contributed by atoms with E-state index in [1.165, 1.54) is 12.8 Å². The molecule has 1 heterocycles. The lowest BCUT2D eigenvalue weighted by Crippen LogP contribution is -2.51. The third-order valence-electron chi connectivity index (χ3n) is 2.72. The number of nitrogens with zero attached hydrogens (tertiary/aromatic N) is 2. The molecule has 2 fully saturated rings. The number of hydrogen-bond acceptors (Lipinski definition) is 2. The molecule has 0 radical (unpaired) electrons. The van der Waals surface area contributed by atoms with Gasteiger partial charge in [-0.3, -0.25) is 9.69 Å². The Morgan fingerprint density at radius 1 is 1.50 bits per heavy atom. The van der Waals surface area contributed by atoms with Gasteiger partial charge in [-0.2, -0.15) is 0 Å². The lowest BCUT2D eigenvalue weighted by atomic mass is 10.3. The monoisotopic (exact) mass is 258 g/mol. The van der Waals surface area contributed by atoms with Gasteiger partial charge in [0.15, 0.2) is 0 Å². The van der Waals surface area contributed by atoms with E-state index in [1.807, 2.05) is 4.90 Å². The Hall–Kier alpha value is -0.350. The molecule has 0 atom stereocenters. The van der Waals surface area contributed by atoms with Gasteiger partial charge in [0.25, 0.3) is 0 Å². The van der Waals surface area contributed by atoms with Crippen LogP contribution in [0.25, 0.3) is 0 Å². The molecule has 1 aliphatic carbocycles. The van der Waals surface area contributed by atoms with Crippen LogP contribution in [-0.4, -0.2) is 47.9 Å². The highest BCUT2D eigenvalue weighted by molar-refractivity contribution is 9.11. The van der Waals surface area contributed by atoms with Gasteiger partial charge in [0.1, 0.15) is 0 Å². The maximum absolute atomic E-state index is 11.7. The maximum Gasteiger partial charge on any atom is 0.237 e. The van der Waals surface area contributed by atoms with Gasteiger partial charge >= 0.3 is 0 Å². The van der Waals surface area contributed by atoms with Crippen LogP contribution in [0.4, 0.5) is 0 Å². The van der Waals surface area contributed by atoms with E-state index in [1.54, 1.807) is 0 Å². The average molecular weight is 259 g/mol. The summed E-state index contributed by atoms with van der Waals surface area (Å²) >= 11 is 3.33. The van der Waals surface area contributed by atoms with E-state index in [0.717, 1.165) is 24.1 Å². The maximum atomic E-state index is 11.7. The molecule has 78 valence electrons. The molecule has 1 saturated heterocycles. The predicted molar refractivity (Wildman–Crippen MR) is 59.2 cm³/mol. The summed E-state index contributed by atoms with van der Waals surface area (Å²) in [7, 11) is 0. The van der Waals surface area contributed by atoms with Crippen molar-refractivity contribution in [2.24, 2.45) is 0 Å². The van der Waals surface area contributed by atoms with Crippen molar-refractivity contribution in [1.29, 1.82) is 0 Å². The van der Waals surface area contributed by atoms with Crippen molar-refractivity contribution in [3.63, 3.8) is 0 Å². The molecule has 4 heteroatoms. The molecule has 3 nitrogen and oxygen atoms in total. The minimum atomic E-state index is 0.285. The third-order valence-corrected chi connectivity index (χ3v) is 2.97. The molecule has 1 amide bonds. The summed E-state index contributed by atoms with van der Waals surface area (Å²) in [5, 5.41) is 0. The number of halogens is 1. The van der Waals surface area contributed by atoms with Crippen molar-refractivity contribution < 1.29 is 4.79 Å². The van der Waals surface area contributed by atoms with Crippen LogP contribution in [0.15, 0.2) is 11.1 Å². The molecule has 14 heavy (non-hydrogen) atoms. The minimum Gasteiger partial charge on any atom is -0.337 e. The van der Waals surface area contributed by atoms with Gasteiger partial charge < -0.3 is 4.90 Å². The smallest absolute Gasteiger partial charge is 0.237 e. The number of hydrogen-bond donors (Lipinski definition) is 0. The molecule has 0 aromatic carbocycles. The lowest BCUT2D eigenvalue weighted by molar-refractivity contribution is -0.136. The second kappa shape index (κ2) is 4.03. The van der Waals surface area contributed by atoms with Crippen LogP contribution in [0.3, 0.4) is 0 Å². The zero-order valence-corrected chi connectivity index (χ0v) is 9.79. The fraction of sp³-hybridized carbons (Fsp3) is 0.700. The van der Waals surface area contributed by atoms with Crippen LogP contribution in [0.2, 0.25) is 0 Å². The van der Waals surface area contributed by atoms with Crippen LogP contribution in [0, 0.1) is 0 Å². The Morgan fingerprint density at radius 2 is 2.21 bits per heavy atom. The summed E-state index contributed by atoms with van der Waals surface area (Å²) < 4.78 is 0.949. The molecule has 0 unspecified atom stereocenters. The highest BCUT2D eigenvalue weighted by Gasteiger charge is 2.35. The third kappa shape index (κ3) is 2.36. The van der Waals surface area contributed by atoms with E-state index in [-0.39, 0.29) is 5.91 Å². The van der Waals surface area contributed by atoms with Crippen LogP contribution in [-0.2, 0) is 4.79 Å². The minimum absolute atomic E-state index is 0.285. The van der Waals surface area contributed by atoms with E-state index >= 15 is 0 Å². The zero-order chi connectivity index (χ0) is 10.1. The van der Waals surface area contributed by atoms with Crippen molar-refractivity contribution in [3.05, 3.63) is 11.1 Å². The largest absolute Gasteiger partial charge is 0.337 e. The summed E-state index contributed by atoms with van der Waals surface area (Å²) in [5.74, 6) is 0.285. The Bertz CT molecular complexity index is 263. The number of piperazine rings is 1.